The number of carbonyl (C=O) groups excluding carboxylic acids is 2. The third-order valence-electron chi connectivity index (χ3n) is 2.98. The van der Waals surface area contributed by atoms with Crippen molar-refractivity contribution in [3.05, 3.63) is 47.6 Å². The molecular weight excluding hydrogens is 346 g/mol. The Bertz CT molecular complexity index is 690. The van der Waals surface area contributed by atoms with Crippen LogP contribution in [0.1, 0.15) is 19.8 Å². The fraction of sp³-hybridized carbons (Fsp3) is 0.235. The monoisotopic (exact) mass is 363 g/mol. The molecule has 0 saturated carbocycles. The second-order valence-electron chi connectivity index (χ2n) is 5.02. The lowest BCUT2D eigenvalue weighted by Crippen LogP contribution is -2.14. The molecule has 0 bridgehead atoms. The number of carbonyl (C=O) groups is 2. The van der Waals surface area contributed by atoms with Gasteiger partial charge in [0.15, 0.2) is 0 Å². The minimum atomic E-state index is -0.143. The molecule has 0 atom stereocenters. The zero-order chi connectivity index (χ0) is 17.4. The Morgan fingerprint density at radius 1 is 1.08 bits per heavy atom. The SMILES string of the molecule is CCCC(=O)Nc1ccc(SCC(=O)Nc2ccc(Cl)cn2)cc1. The van der Waals surface area contributed by atoms with Gasteiger partial charge in [-0.25, -0.2) is 4.98 Å². The Hall–Kier alpha value is -2.05. The molecule has 0 radical (unpaired) electrons. The molecule has 0 saturated heterocycles. The lowest BCUT2D eigenvalue weighted by Gasteiger charge is -2.06. The Labute approximate surface area is 150 Å². The summed E-state index contributed by atoms with van der Waals surface area (Å²) in [6.45, 7) is 1.96. The summed E-state index contributed by atoms with van der Waals surface area (Å²) in [6, 6.07) is 10.7. The van der Waals surface area contributed by atoms with Gasteiger partial charge < -0.3 is 10.6 Å². The molecule has 1 aromatic heterocycles. The van der Waals surface area contributed by atoms with Crippen molar-refractivity contribution in [3.63, 3.8) is 0 Å². The molecule has 5 nitrogen and oxygen atoms in total. The first-order valence-electron chi connectivity index (χ1n) is 7.51. The molecule has 126 valence electrons. The van der Waals surface area contributed by atoms with Crippen LogP contribution < -0.4 is 10.6 Å². The topological polar surface area (TPSA) is 71.1 Å². The average molecular weight is 364 g/mol. The van der Waals surface area contributed by atoms with Gasteiger partial charge >= 0.3 is 0 Å². The molecule has 1 aromatic carbocycles. The van der Waals surface area contributed by atoms with Crippen molar-refractivity contribution in [2.75, 3.05) is 16.4 Å². The number of amides is 2. The van der Waals surface area contributed by atoms with Crippen molar-refractivity contribution in [3.8, 4) is 0 Å². The van der Waals surface area contributed by atoms with E-state index in [1.807, 2.05) is 31.2 Å². The van der Waals surface area contributed by atoms with Crippen molar-refractivity contribution in [2.45, 2.75) is 24.7 Å². The molecule has 0 aliphatic heterocycles. The molecular formula is C17H18ClN3O2S. The number of hydrogen-bond acceptors (Lipinski definition) is 4. The van der Waals surface area contributed by atoms with Gasteiger partial charge in [0, 0.05) is 23.2 Å². The highest BCUT2D eigenvalue weighted by molar-refractivity contribution is 8.00. The molecule has 0 unspecified atom stereocenters. The van der Waals surface area contributed by atoms with E-state index >= 15 is 0 Å². The Morgan fingerprint density at radius 2 is 1.83 bits per heavy atom. The van der Waals surface area contributed by atoms with Gasteiger partial charge in [0.05, 0.1) is 10.8 Å². The summed E-state index contributed by atoms with van der Waals surface area (Å²) < 4.78 is 0. The number of nitrogens with zero attached hydrogens (tertiary/aromatic N) is 1. The summed E-state index contributed by atoms with van der Waals surface area (Å²) >= 11 is 7.16. The van der Waals surface area contributed by atoms with Crippen LogP contribution in [0.4, 0.5) is 11.5 Å². The maximum atomic E-state index is 11.9. The highest BCUT2D eigenvalue weighted by Crippen LogP contribution is 2.21. The number of hydrogen-bond donors (Lipinski definition) is 2. The number of thioether (sulfide) groups is 1. The zero-order valence-electron chi connectivity index (χ0n) is 13.2. The Balaban J connectivity index is 1.80. The number of aromatic nitrogens is 1. The van der Waals surface area contributed by atoms with E-state index in [4.69, 9.17) is 11.6 Å². The largest absolute Gasteiger partial charge is 0.326 e. The van der Waals surface area contributed by atoms with Crippen molar-refractivity contribution in [2.24, 2.45) is 0 Å². The van der Waals surface area contributed by atoms with Crippen LogP contribution in [0.3, 0.4) is 0 Å². The summed E-state index contributed by atoms with van der Waals surface area (Å²) in [5.74, 6) is 0.605. The van der Waals surface area contributed by atoms with Crippen LogP contribution in [0.5, 0.6) is 0 Å². The van der Waals surface area contributed by atoms with Crippen molar-refractivity contribution in [1.82, 2.24) is 4.98 Å². The third kappa shape index (κ3) is 6.22. The smallest absolute Gasteiger partial charge is 0.235 e. The predicted molar refractivity (Wildman–Crippen MR) is 98.6 cm³/mol. The van der Waals surface area contributed by atoms with E-state index in [0.717, 1.165) is 17.0 Å². The van der Waals surface area contributed by atoms with E-state index in [2.05, 4.69) is 15.6 Å². The standard InChI is InChI=1S/C17H18ClN3O2S/c1-2-3-16(22)20-13-5-7-14(8-6-13)24-11-17(23)21-15-9-4-12(18)10-19-15/h4-10H,2-3,11H2,1H3,(H,20,22)(H,19,21,23). The van der Waals surface area contributed by atoms with Crippen LogP contribution in [0, 0.1) is 0 Å². The molecule has 0 fully saturated rings. The normalized spacial score (nSPS) is 10.2. The zero-order valence-corrected chi connectivity index (χ0v) is 14.8. The molecule has 2 rings (SSSR count). The second-order valence-corrected chi connectivity index (χ2v) is 6.51. The van der Waals surface area contributed by atoms with Gasteiger partial charge in [0.25, 0.3) is 0 Å². The molecule has 0 spiro atoms. The molecule has 1 heterocycles. The fourth-order valence-electron chi connectivity index (χ4n) is 1.86. The molecule has 0 aliphatic rings. The molecule has 2 amide bonds. The number of anilines is 2. The molecule has 24 heavy (non-hydrogen) atoms. The predicted octanol–water partition coefficient (Wildman–Crippen LogP) is 4.20. The summed E-state index contributed by atoms with van der Waals surface area (Å²) in [5, 5.41) is 6.05. The van der Waals surface area contributed by atoms with E-state index in [1.165, 1.54) is 18.0 Å². The van der Waals surface area contributed by atoms with E-state index < -0.39 is 0 Å². The van der Waals surface area contributed by atoms with Crippen molar-refractivity contribution >= 4 is 46.7 Å². The van der Waals surface area contributed by atoms with Gasteiger partial charge in [-0.1, -0.05) is 18.5 Å². The van der Waals surface area contributed by atoms with Crippen LogP contribution in [0.15, 0.2) is 47.5 Å². The van der Waals surface area contributed by atoms with Gasteiger partial charge in [-0.2, -0.15) is 0 Å². The third-order valence-corrected chi connectivity index (χ3v) is 4.22. The number of nitrogens with one attached hydrogen (secondary N) is 2. The van der Waals surface area contributed by atoms with Gasteiger partial charge in [0.2, 0.25) is 11.8 Å². The minimum Gasteiger partial charge on any atom is -0.326 e. The first-order valence-corrected chi connectivity index (χ1v) is 8.87. The lowest BCUT2D eigenvalue weighted by atomic mass is 10.3. The highest BCUT2D eigenvalue weighted by atomic mass is 35.5. The highest BCUT2D eigenvalue weighted by Gasteiger charge is 2.05. The van der Waals surface area contributed by atoms with E-state index in [-0.39, 0.29) is 17.6 Å². The minimum absolute atomic E-state index is 0.00717. The van der Waals surface area contributed by atoms with Crippen molar-refractivity contribution < 1.29 is 9.59 Å². The van der Waals surface area contributed by atoms with Crippen molar-refractivity contribution in [1.29, 1.82) is 0 Å². The Kier molecular flexibility index (Phi) is 7.08. The first-order chi connectivity index (χ1) is 11.6. The van der Waals surface area contributed by atoms with E-state index in [0.29, 0.717) is 17.3 Å². The molecule has 2 N–H and O–H groups in total. The van der Waals surface area contributed by atoms with Crippen LogP contribution in [-0.4, -0.2) is 22.6 Å². The van der Waals surface area contributed by atoms with Gasteiger partial charge in [-0.3, -0.25) is 9.59 Å². The number of halogens is 1. The van der Waals surface area contributed by atoms with Gasteiger partial charge in [-0.05, 0) is 42.8 Å². The molecule has 2 aromatic rings. The van der Waals surface area contributed by atoms with E-state index in [1.54, 1.807) is 12.1 Å². The van der Waals surface area contributed by atoms with Gasteiger partial charge in [0.1, 0.15) is 5.82 Å². The lowest BCUT2D eigenvalue weighted by molar-refractivity contribution is -0.116. The first kappa shape index (κ1) is 18.3. The second kappa shape index (κ2) is 9.30. The summed E-state index contributed by atoms with van der Waals surface area (Å²) in [5.41, 5.74) is 0.757. The van der Waals surface area contributed by atoms with Gasteiger partial charge in [-0.15, -0.1) is 11.8 Å². The summed E-state index contributed by atoms with van der Waals surface area (Å²) in [4.78, 5) is 28.4. The average Bonchev–Trinajstić information content (AvgIpc) is 2.56. The maximum absolute atomic E-state index is 11.9. The quantitative estimate of drug-likeness (QED) is 0.723. The van der Waals surface area contributed by atoms with Crippen LogP contribution >= 0.6 is 23.4 Å². The van der Waals surface area contributed by atoms with E-state index in [9.17, 15) is 9.59 Å². The molecule has 0 aliphatic carbocycles. The van der Waals surface area contributed by atoms with Crippen LogP contribution in [0.2, 0.25) is 5.02 Å². The fourth-order valence-corrected chi connectivity index (χ4v) is 2.67. The Morgan fingerprint density at radius 3 is 2.46 bits per heavy atom. The number of pyridine rings is 1. The van der Waals surface area contributed by atoms with Crippen LogP contribution in [-0.2, 0) is 9.59 Å². The summed E-state index contributed by atoms with van der Waals surface area (Å²) in [7, 11) is 0. The molecule has 7 heteroatoms. The maximum Gasteiger partial charge on any atom is 0.235 e. The number of benzene rings is 1. The number of rotatable bonds is 7. The van der Waals surface area contributed by atoms with Crippen LogP contribution in [0.25, 0.3) is 0 Å². The summed E-state index contributed by atoms with van der Waals surface area (Å²) in [6.07, 6.45) is 2.81.